The molecular weight excluding hydrogens is 224 g/mol. The molecule has 0 unspecified atom stereocenters. The average molecular weight is 238 g/mol. The van der Waals surface area contributed by atoms with E-state index < -0.39 is 4.92 Å². The number of nitrogens with zero attached hydrogens (tertiary/aromatic N) is 3. The summed E-state index contributed by atoms with van der Waals surface area (Å²) in [6.45, 7) is 2.66. The van der Waals surface area contributed by atoms with Gasteiger partial charge in [-0.25, -0.2) is 4.98 Å². The summed E-state index contributed by atoms with van der Waals surface area (Å²) in [6, 6.07) is 2.91. The van der Waals surface area contributed by atoms with Crippen LogP contribution in [0.3, 0.4) is 0 Å². The lowest BCUT2D eigenvalue weighted by Gasteiger charge is -2.27. The van der Waals surface area contributed by atoms with Crippen LogP contribution < -0.4 is 10.2 Å². The molecule has 1 aromatic rings. The number of pyridine rings is 1. The predicted molar refractivity (Wildman–Crippen MR) is 63.5 cm³/mol. The molecule has 0 amide bonds. The van der Waals surface area contributed by atoms with Crippen molar-refractivity contribution in [3.63, 3.8) is 0 Å². The highest BCUT2D eigenvalue weighted by atomic mass is 16.6. The number of anilines is 2. The summed E-state index contributed by atoms with van der Waals surface area (Å²) >= 11 is 0. The Bertz CT molecular complexity index is 418. The number of nitrogens with one attached hydrogen (secondary N) is 1. The molecule has 7 heteroatoms. The molecule has 7 nitrogen and oxygen atoms in total. The van der Waals surface area contributed by atoms with E-state index in [9.17, 15) is 10.1 Å². The van der Waals surface area contributed by atoms with Gasteiger partial charge in [0, 0.05) is 20.1 Å². The summed E-state index contributed by atoms with van der Waals surface area (Å²) in [5.74, 6) is 1.12. The van der Waals surface area contributed by atoms with Crippen LogP contribution in [0.5, 0.6) is 0 Å². The lowest BCUT2D eigenvalue weighted by atomic mass is 10.3. The van der Waals surface area contributed by atoms with Gasteiger partial charge in [0.1, 0.15) is 11.6 Å². The molecule has 0 radical (unpaired) electrons. The molecule has 1 aliphatic rings. The van der Waals surface area contributed by atoms with Crippen molar-refractivity contribution in [2.75, 3.05) is 43.6 Å². The van der Waals surface area contributed by atoms with Crippen molar-refractivity contribution < 1.29 is 9.66 Å². The molecule has 1 aromatic heterocycles. The summed E-state index contributed by atoms with van der Waals surface area (Å²) < 4.78 is 5.24. The molecular formula is C10H14N4O3. The molecule has 0 aliphatic carbocycles. The van der Waals surface area contributed by atoms with Crippen LogP contribution in [0.4, 0.5) is 17.3 Å². The van der Waals surface area contributed by atoms with Crippen LogP contribution in [0.15, 0.2) is 12.1 Å². The van der Waals surface area contributed by atoms with Gasteiger partial charge in [0.25, 0.3) is 5.69 Å². The van der Waals surface area contributed by atoms with Crippen LogP contribution in [-0.2, 0) is 4.74 Å². The van der Waals surface area contributed by atoms with Crippen LogP contribution in [-0.4, -0.2) is 43.3 Å². The molecule has 2 heterocycles. The molecule has 0 bridgehead atoms. The minimum atomic E-state index is -0.410. The fourth-order valence-electron chi connectivity index (χ4n) is 1.69. The standard InChI is InChI=1S/C10H14N4O3/c1-11-9-6-8(14(15)16)7-10(12-9)13-2-4-17-5-3-13/h6-7H,2-5H2,1H3,(H,11,12). The minimum Gasteiger partial charge on any atom is -0.378 e. The van der Waals surface area contributed by atoms with Gasteiger partial charge in [-0.15, -0.1) is 0 Å². The van der Waals surface area contributed by atoms with Crippen molar-refractivity contribution in [1.82, 2.24) is 4.98 Å². The number of rotatable bonds is 3. The Kier molecular flexibility index (Phi) is 3.38. The molecule has 1 N–H and O–H groups in total. The summed E-state index contributed by atoms with van der Waals surface area (Å²) in [4.78, 5) is 16.7. The second-order valence-corrected chi connectivity index (χ2v) is 3.68. The topological polar surface area (TPSA) is 80.5 Å². The second kappa shape index (κ2) is 4.96. The minimum absolute atomic E-state index is 0.0471. The van der Waals surface area contributed by atoms with E-state index in [1.807, 2.05) is 4.90 Å². The lowest BCUT2D eigenvalue weighted by molar-refractivity contribution is -0.384. The van der Waals surface area contributed by atoms with Gasteiger partial charge in [0.15, 0.2) is 0 Å². The SMILES string of the molecule is CNc1cc([N+](=O)[O-])cc(N2CCOCC2)n1. The van der Waals surface area contributed by atoms with E-state index in [2.05, 4.69) is 10.3 Å². The Labute approximate surface area is 98.5 Å². The number of hydrogen-bond acceptors (Lipinski definition) is 6. The Morgan fingerprint density at radius 2 is 2.18 bits per heavy atom. The van der Waals surface area contributed by atoms with E-state index >= 15 is 0 Å². The first-order chi connectivity index (χ1) is 8.20. The Morgan fingerprint density at radius 1 is 1.47 bits per heavy atom. The number of hydrogen-bond donors (Lipinski definition) is 1. The predicted octanol–water partition coefficient (Wildman–Crippen LogP) is 0.868. The van der Waals surface area contributed by atoms with Gasteiger partial charge >= 0.3 is 0 Å². The maximum Gasteiger partial charge on any atom is 0.276 e. The number of aromatic nitrogens is 1. The second-order valence-electron chi connectivity index (χ2n) is 3.68. The van der Waals surface area contributed by atoms with Gasteiger partial charge in [0.2, 0.25) is 0 Å². The zero-order chi connectivity index (χ0) is 12.3. The number of nitro groups is 1. The van der Waals surface area contributed by atoms with Crippen LogP contribution in [0, 0.1) is 10.1 Å². The molecule has 0 saturated carbocycles. The van der Waals surface area contributed by atoms with Crippen molar-refractivity contribution in [3.05, 3.63) is 22.2 Å². The van der Waals surface area contributed by atoms with E-state index in [1.54, 1.807) is 7.05 Å². The largest absolute Gasteiger partial charge is 0.378 e. The van der Waals surface area contributed by atoms with Crippen molar-refractivity contribution in [2.24, 2.45) is 0 Å². The highest BCUT2D eigenvalue weighted by Gasteiger charge is 2.17. The van der Waals surface area contributed by atoms with Gasteiger partial charge in [-0.3, -0.25) is 10.1 Å². The van der Waals surface area contributed by atoms with Crippen LogP contribution in [0.2, 0.25) is 0 Å². The Balaban J connectivity index is 2.31. The molecule has 2 rings (SSSR count). The zero-order valence-corrected chi connectivity index (χ0v) is 9.55. The highest BCUT2D eigenvalue weighted by molar-refractivity contribution is 5.55. The maximum atomic E-state index is 10.8. The average Bonchev–Trinajstić information content (AvgIpc) is 2.39. The van der Waals surface area contributed by atoms with Crippen LogP contribution >= 0.6 is 0 Å². The third-order valence-corrected chi connectivity index (χ3v) is 2.60. The van der Waals surface area contributed by atoms with Gasteiger partial charge < -0.3 is 15.0 Å². The molecule has 1 saturated heterocycles. The maximum absolute atomic E-state index is 10.8. The molecule has 92 valence electrons. The van der Waals surface area contributed by atoms with Gasteiger partial charge in [-0.2, -0.15) is 0 Å². The van der Waals surface area contributed by atoms with Gasteiger partial charge in [-0.05, 0) is 0 Å². The lowest BCUT2D eigenvalue weighted by Crippen LogP contribution is -2.36. The smallest absolute Gasteiger partial charge is 0.276 e. The first-order valence-corrected chi connectivity index (χ1v) is 5.37. The highest BCUT2D eigenvalue weighted by Crippen LogP contribution is 2.23. The third kappa shape index (κ3) is 2.62. The van der Waals surface area contributed by atoms with Crippen LogP contribution in [0.1, 0.15) is 0 Å². The normalized spacial score (nSPS) is 15.7. The third-order valence-electron chi connectivity index (χ3n) is 2.60. The van der Waals surface area contributed by atoms with E-state index in [1.165, 1.54) is 12.1 Å². The van der Waals surface area contributed by atoms with Crippen molar-refractivity contribution >= 4 is 17.3 Å². The summed E-state index contributed by atoms with van der Waals surface area (Å²) in [5, 5.41) is 13.6. The fourth-order valence-corrected chi connectivity index (χ4v) is 1.69. The van der Waals surface area contributed by atoms with E-state index in [0.29, 0.717) is 37.9 Å². The molecule has 0 atom stereocenters. The molecule has 0 aromatic carbocycles. The fraction of sp³-hybridized carbons (Fsp3) is 0.500. The van der Waals surface area contributed by atoms with Gasteiger partial charge in [-0.1, -0.05) is 0 Å². The number of ether oxygens (including phenoxy) is 1. The Hall–Kier alpha value is -1.89. The van der Waals surface area contributed by atoms with Gasteiger partial charge in [0.05, 0.1) is 30.3 Å². The zero-order valence-electron chi connectivity index (χ0n) is 9.55. The first kappa shape index (κ1) is 11.6. The van der Waals surface area contributed by atoms with Crippen LogP contribution in [0.25, 0.3) is 0 Å². The Morgan fingerprint density at radius 3 is 2.76 bits per heavy atom. The van der Waals surface area contributed by atoms with E-state index in [0.717, 1.165) is 0 Å². The monoisotopic (exact) mass is 238 g/mol. The summed E-state index contributed by atoms with van der Waals surface area (Å²) in [5.41, 5.74) is 0.0471. The molecule has 1 fully saturated rings. The molecule has 17 heavy (non-hydrogen) atoms. The van der Waals surface area contributed by atoms with E-state index in [-0.39, 0.29) is 5.69 Å². The molecule has 0 spiro atoms. The van der Waals surface area contributed by atoms with Crippen molar-refractivity contribution in [2.45, 2.75) is 0 Å². The van der Waals surface area contributed by atoms with Crippen molar-refractivity contribution in [3.8, 4) is 0 Å². The molecule has 1 aliphatic heterocycles. The van der Waals surface area contributed by atoms with E-state index in [4.69, 9.17) is 4.74 Å². The summed E-state index contributed by atoms with van der Waals surface area (Å²) in [7, 11) is 1.69. The number of morpholine rings is 1. The first-order valence-electron chi connectivity index (χ1n) is 5.37. The van der Waals surface area contributed by atoms with Crippen molar-refractivity contribution in [1.29, 1.82) is 0 Å². The quantitative estimate of drug-likeness (QED) is 0.621. The summed E-state index contributed by atoms with van der Waals surface area (Å²) in [6.07, 6.45) is 0.